The Balaban J connectivity index is 1.60. The summed E-state index contributed by atoms with van der Waals surface area (Å²) in [6.45, 7) is 3.36. The van der Waals surface area contributed by atoms with Crippen molar-refractivity contribution in [3.8, 4) is 10.6 Å². The van der Waals surface area contributed by atoms with Crippen LogP contribution in [0.1, 0.15) is 23.4 Å². The van der Waals surface area contributed by atoms with Gasteiger partial charge in [-0.15, -0.1) is 11.3 Å². The third-order valence-corrected chi connectivity index (χ3v) is 4.90. The van der Waals surface area contributed by atoms with Crippen LogP contribution < -0.4 is 5.32 Å². The van der Waals surface area contributed by atoms with Gasteiger partial charge in [-0.05, 0) is 31.9 Å². The van der Waals surface area contributed by atoms with Gasteiger partial charge in [0.1, 0.15) is 5.01 Å². The highest BCUT2D eigenvalue weighted by Crippen LogP contribution is 2.27. The van der Waals surface area contributed by atoms with E-state index < -0.39 is 0 Å². The summed E-state index contributed by atoms with van der Waals surface area (Å²) in [6.07, 6.45) is 6.18. The smallest absolute Gasteiger partial charge is 0.225 e. The first-order valence-electron chi connectivity index (χ1n) is 7.47. The molecule has 1 unspecified atom stereocenters. The van der Waals surface area contributed by atoms with Crippen molar-refractivity contribution in [3.05, 3.63) is 35.1 Å². The van der Waals surface area contributed by atoms with Crippen molar-refractivity contribution in [3.63, 3.8) is 0 Å². The van der Waals surface area contributed by atoms with E-state index in [1.807, 2.05) is 19.1 Å². The van der Waals surface area contributed by atoms with Crippen LogP contribution >= 0.6 is 11.3 Å². The average molecular weight is 317 g/mol. The summed E-state index contributed by atoms with van der Waals surface area (Å²) in [5.41, 5.74) is 1.96. The molecule has 1 N–H and O–H groups in total. The second-order valence-corrected chi connectivity index (χ2v) is 6.46. The lowest BCUT2D eigenvalue weighted by Crippen LogP contribution is -2.32. The number of hydrogen-bond acceptors (Lipinski definition) is 5. The molecule has 0 spiro atoms. The van der Waals surface area contributed by atoms with Crippen molar-refractivity contribution < 1.29 is 9.53 Å². The predicted octanol–water partition coefficient (Wildman–Crippen LogP) is 2.35. The van der Waals surface area contributed by atoms with Crippen LogP contribution in [-0.2, 0) is 16.0 Å². The molecule has 3 heterocycles. The maximum absolute atomic E-state index is 12.1. The summed E-state index contributed by atoms with van der Waals surface area (Å²) in [5, 5.41) is 3.89. The number of hydrogen-bond donors (Lipinski definition) is 1. The first-order chi connectivity index (χ1) is 10.7. The Morgan fingerprint density at radius 2 is 2.27 bits per heavy atom. The van der Waals surface area contributed by atoms with Gasteiger partial charge in [-0.2, -0.15) is 0 Å². The third-order valence-electron chi connectivity index (χ3n) is 3.69. The molecule has 22 heavy (non-hydrogen) atoms. The van der Waals surface area contributed by atoms with Crippen molar-refractivity contribution in [2.45, 2.75) is 32.3 Å². The van der Waals surface area contributed by atoms with Crippen LogP contribution in [-0.4, -0.2) is 35.1 Å². The number of aromatic nitrogens is 2. The van der Waals surface area contributed by atoms with Gasteiger partial charge < -0.3 is 10.1 Å². The fourth-order valence-corrected chi connectivity index (χ4v) is 3.52. The number of thiazole rings is 1. The van der Waals surface area contributed by atoms with E-state index in [-0.39, 0.29) is 12.0 Å². The summed E-state index contributed by atoms with van der Waals surface area (Å²) in [6, 6.07) is 3.86. The van der Waals surface area contributed by atoms with Gasteiger partial charge in [0.2, 0.25) is 5.91 Å². The van der Waals surface area contributed by atoms with E-state index >= 15 is 0 Å². The molecule has 6 heteroatoms. The van der Waals surface area contributed by atoms with Crippen molar-refractivity contribution >= 4 is 17.2 Å². The second kappa shape index (κ2) is 6.98. The molecular formula is C16H19N3O2S. The van der Waals surface area contributed by atoms with E-state index in [1.54, 1.807) is 23.7 Å². The molecule has 116 valence electrons. The highest BCUT2D eigenvalue weighted by Gasteiger charge is 2.17. The molecule has 0 bridgehead atoms. The molecule has 1 aliphatic heterocycles. The van der Waals surface area contributed by atoms with Gasteiger partial charge in [-0.3, -0.25) is 9.78 Å². The quantitative estimate of drug-likeness (QED) is 0.919. The normalized spacial score (nSPS) is 17.6. The lowest BCUT2D eigenvalue weighted by atomic mass is 10.2. The molecule has 1 aliphatic rings. The topological polar surface area (TPSA) is 64.1 Å². The zero-order chi connectivity index (χ0) is 15.4. The molecule has 0 radical (unpaired) electrons. The lowest BCUT2D eigenvalue weighted by molar-refractivity contribution is -0.120. The molecule has 3 rings (SSSR count). The number of nitrogens with one attached hydrogen (secondary N) is 1. The van der Waals surface area contributed by atoms with Gasteiger partial charge in [0.05, 0.1) is 18.2 Å². The van der Waals surface area contributed by atoms with Gasteiger partial charge >= 0.3 is 0 Å². The van der Waals surface area contributed by atoms with Crippen molar-refractivity contribution in [2.24, 2.45) is 0 Å². The van der Waals surface area contributed by atoms with Crippen LogP contribution in [0.3, 0.4) is 0 Å². The Hall–Kier alpha value is -1.79. The molecule has 2 aromatic heterocycles. The molecule has 1 amide bonds. The Labute approximate surface area is 133 Å². The predicted molar refractivity (Wildman–Crippen MR) is 85.8 cm³/mol. The van der Waals surface area contributed by atoms with Crippen molar-refractivity contribution in [1.82, 2.24) is 15.3 Å². The number of rotatable bonds is 5. The second-order valence-electron chi connectivity index (χ2n) is 5.38. The van der Waals surface area contributed by atoms with Crippen LogP contribution in [0.4, 0.5) is 0 Å². The van der Waals surface area contributed by atoms with E-state index in [4.69, 9.17) is 4.74 Å². The molecule has 5 nitrogen and oxygen atoms in total. The zero-order valence-electron chi connectivity index (χ0n) is 12.5. The minimum absolute atomic E-state index is 0.0310. The molecule has 0 aromatic carbocycles. The average Bonchev–Trinajstić information content (AvgIpc) is 3.17. The zero-order valence-corrected chi connectivity index (χ0v) is 13.4. The molecule has 1 saturated heterocycles. The first-order valence-corrected chi connectivity index (χ1v) is 8.29. The first kappa shape index (κ1) is 15.1. The number of ether oxygens (including phenoxy) is 1. The SMILES string of the molecule is Cc1nc(-c2ccncc2)sc1CC(=O)NCC1CCCO1. The maximum atomic E-state index is 12.1. The van der Waals surface area contributed by atoms with Gasteiger partial charge in [-0.25, -0.2) is 4.98 Å². The number of aryl methyl sites for hydroxylation is 1. The van der Waals surface area contributed by atoms with Gasteiger partial charge in [0.25, 0.3) is 0 Å². The summed E-state index contributed by atoms with van der Waals surface area (Å²) < 4.78 is 5.51. The molecular weight excluding hydrogens is 298 g/mol. The Morgan fingerprint density at radius 3 is 3.00 bits per heavy atom. The highest BCUT2D eigenvalue weighted by molar-refractivity contribution is 7.15. The highest BCUT2D eigenvalue weighted by atomic mass is 32.1. The number of carbonyl (C=O) groups is 1. The third kappa shape index (κ3) is 3.69. The molecule has 1 atom stereocenters. The number of pyridine rings is 1. The van der Waals surface area contributed by atoms with Crippen LogP contribution in [0.25, 0.3) is 10.6 Å². The summed E-state index contributed by atoms with van der Waals surface area (Å²) in [7, 11) is 0. The van der Waals surface area contributed by atoms with Crippen LogP contribution in [0, 0.1) is 6.92 Å². The summed E-state index contributed by atoms with van der Waals surface area (Å²) >= 11 is 1.57. The molecule has 0 aliphatic carbocycles. The van der Waals surface area contributed by atoms with Crippen LogP contribution in [0.2, 0.25) is 0 Å². The minimum Gasteiger partial charge on any atom is -0.376 e. The van der Waals surface area contributed by atoms with E-state index in [0.29, 0.717) is 13.0 Å². The van der Waals surface area contributed by atoms with Gasteiger partial charge in [0.15, 0.2) is 0 Å². The van der Waals surface area contributed by atoms with E-state index in [1.165, 1.54) is 0 Å². The largest absolute Gasteiger partial charge is 0.376 e. The van der Waals surface area contributed by atoms with E-state index in [2.05, 4.69) is 15.3 Å². The monoisotopic (exact) mass is 317 g/mol. The van der Waals surface area contributed by atoms with E-state index in [0.717, 1.165) is 40.6 Å². The van der Waals surface area contributed by atoms with Crippen molar-refractivity contribution in [1.29, 1.82) is 0 Å². The van der Waals surface area contributed by atoms with Crippen LogP contribution in [0.5, 0.6) is 0 Å². The van der Waals surface area contributed by atoms with Gasteiger partial charge in [0, 0.05) is 36.0 Å². The van der Waals surface area contributed by atoms with Crippen molar-refractivity contribution in [2.75, 3.05) is 13.2 Å². The molecule has 0 saturated carbocycles. The number of carbonyl (C=O) groups excluding carboxylic acids is 1. The minimum atomic E-state index is 0.0310. The maximum Gasteiger partial charge on any atom is 0.225 e. The fourth-order valence-electron chi connectivity index (χ4n) is 2.45. The number of nitrogens with zero attached hydrogens (tertiary/aromatic N) is 2. The Kier molecular flexibility index (Phi) is 4.80. The Bertz CT molecular complexity index is 636. The van der Waals surface area contributed by atoms with Gasteiger partial charge in [-0.1, -0.05) is 0 Å². The fraction of sp³-hybridized carbons (Fsp3) is 0.438. The lowest BCUT2D eigenvalue weighted by Gasteiger charge is -2.10. The summed E-state index contributed by atoms with van der Waals surface area (Å²) in [4.78, 5) is 21.6. The Morgan fingerprint density at radius 1 is 1.45 bits per heavy atom. The standard InChI is InChI=1S/C16H19N3O2S/c1-11-14(9-15(20)18-10-13-3-2-8-21-13)22-16(19-11)12-4-6-17-7-5-12/h4-7,13H,2-3,8-10H2,1H3,(H,18,20). The van der Waals surface area contributed by atoms with Crippen LogP contribution in [0.15, 0.2) is 24.5 Å². The molecule has 2 aromatic rings. The number of amides is 1. The van der Waals surface area contributed by atoms with E-state index in [9.17, 15) is 4.79 Å². The summed E-state index contributed by atoms with van der Waals surface area (Å²) in [5.74, 6) is 0.0310. The molecule has 1 fully saturated rings.